The molecule has 1 aromatic carbocycles. The number of halogens is 1. The molecule has 3 aromatic heterocycles. The van der Waals surface area contributed by atoms with E-state index < -0.39 is 4.92 Å². The summed E-state index contributed by atoms with van der Waals surface area (Å²) >= 11 is 8.39. The van der Waals surface area contributed by atoms with Gasteiger partial charge in [0.1, 0.15) is 5.52 Å². The van der Waals surface area contributed by atoms with Crippen LogP contribution in [0.25, 0.3) is 10.2 Å². The van der Waals surface area contributed by atoms with Gasteiger partial charge in [-0.25, -0.2) is 4.98 Å². The van der Waals surface area contributed by atoms with E-state index in [9.17, 15) is 14.9 Å². The summed E-state index contributed by atoms with van der Waals surface area (Å²) in [5.74, 6) is -0.376. The maximum atomic E-state index is 13.2. The van der Waals surface area contributed by atoms with Gasteiger partial charge in [-0.15, -0.1) is 0 Å². The van der Waals surface area contributed by atoms with Gasteiger partial charge in [-0.1, -0.05) is 46.4 Å². The van der Waals surface area contributed by atoms with Crippen LogP contribution < -0.4 is 4.90 Å². The van der Waals surface area contributed by atoms with Gasteiger partial charge in [0.05, 0.1) is 31.8 Å². The van der Waals surface area contributed by atoms with Gasteiger partial charge in [0.15, 0.2) is 5.13 Å². The molecular weight excluding hydrogens is 420 g/mol. The molecule has 0 saturated carbocycles. The Kier molecular flexibility index (Phi) is 5.03. The number of nitro groups is 1. The number of aromatic nitrogens is 2. The third-order valence-electron chi connectivity index (χ3n) is 3.86. The maximum absolute atomic E-state index is 13.2. The summed E-state index contributed by atoms with van der Waals surface area (Å²) in [4.78, 5) is 34.2. The van der Waals surface area contributed by atoms with Gasteiger partial charge in [-0.2, -0.15) is 0 Å². The Balaban J connectivity index is 1.77. The second-order valence-electron chi connectivity index (χ2n) is 5.69. The molecule has 28 heavy (non-hydrogen) atoms. The summed E-state index contributed by atoms with van der Waals surface area (Å²) in [6, 6.07) is 13.6. The lowest BCUT2D eigenvalue weighted by molar-refractivity contribution is -0.380. The van der Waals surface area contributed by atoms with Crippen LogP contribution in [-0.4, -0.2) is 20.8 Å². The topological polar surface area (TPSA) is 89.2 Å². The zero-order valence-electron chi connectivity index (χ0n) is 14.1. The van der Waals surface area contributed by atoms with Crippen LogP contribution in [-0.2, 0) is 6.54 Å². The number of thiazole rings is 1. The Morgan fingerprint density at radius 3 is 2.68 bits per heavy atom. The standard InChI is InChI=1S/C18H11ClN4O3S2/c19-12-5-3-6-13-16(12)21-18(28-13)22(10-11-4-1-2-9-20-11)17(24)14-7-8-15(27-14)23(25)26/h1-9H,10H2. The fourth-order valence-electron chi connectivity index (χ4n) is 2.57. The molecule has 10 heteroatoms. The number of rotatable bonds is 5. The van der Waals surface area contributed by atoms with Crippen molar-refractivity contribution in [3.05, 3.63) is 80.4 Å². The number of para-hydroxylation sites is 1. The van der Waals surface area contributed by atoms with Gasteiger partial charge in [-0.05, 0) is 30.3 Å². The molecule has 0 aliphatic heterocycles. The lowest BCUT2D eigenvalue weighted by atomic mass is 10.3. The van der Waals surface area contributed by atoms with E-state index in [1.807, 2.05) is 18.2 Å². The first-order chi connectivity index (χ1) is 13.5. The highest BCUT2D eigenvalue weighted by molar-refractivity contribution is 7.22. The minimum Gasteiger partial charge on any atom is -0.277 e. The van der Waals surface area contributed by atoms with Gasteiger partial charge >= 0.3 is 5.00 Å². The molecule has 3 heterocycles. The maximum Gasteiger partial charge on any atom is 0.324 e. The van der Waals surface area contributed by atoms with Crippen molar-refractivity contribution in [2.24, 2.45) is 0 Å². The van der Waals surface area contributed by atoms with Crippen LogP contribution in [0.2, 0.25) is 5.02 Å². The van der Waals surface area contributed by atoms with Crippen LogP contribution in [0.1, 0.15) is 15.4 Å². The first-order valence-corrected chi connectivity index (χ1v) is 10.0. The van der Waals surface area contributed by atoms with Crippen LogP contribution in [0.4, 0.5) is 10.1 Å². The van der Waals surface area contributed by atoms with Crippen molar-refractivity contribution in [1.29, 1.82) is 0 Å². The molecular formula is C18H11ClN4O3S2. The summed E-state index contributed by atoms with van der Waals surface area (Å²) in [6.07, 6.45) is 1.64. The zero-order valence-corrected chi connectivity index (χ0v) is 16.5. The minimum atomic E-state index is -0.512. The number of thiophene rings is 1. The smallest absolute Gasteiger partial charge is 0.277 e. The first kappa shape index (κ1) is 18.5. The molecule has 7 nitrogen and oxygen atoms in total. The highest BCUT2D eigenvalue weighted by Gasteiger charge is 2.25. The zero-order chi connectivity index (χ0) is 19.7. The summed E-state index contributed by atoms with van der Waals surface area (Å²) < 4.78 is 0.846. The van der Waals surface area contributed by atoms with Crippen molar-refractivity contribution in [1.82, 2.24) is 9.97 Å². The van der Waals surface area contributed by atoms with E-state index in [0.717, 1.165) is 16.0 Å². The molecule has 0 spiro atoms. The monoisotopic (exact) mass is 430 g/mol. The quantitative estimate of drug-likeness (QED) is 0.322. The minimum absolute atomic E-state index is 0.0894. The first-order valence-electron chi connectivity index (χ1n) is 8.04. The molecule has 0 aliphatic rings. The van der Waals surface area contributed by atoms with Gasteiger partial charge in [0.2, 0.25) is 0 Å². The molecule has 4 rings (SSSR count). The van der Waals surface area contributed by atoms with Crippen LogP contribution in [0.3, 0.4) is 0 Å². The van der Waals surface area contributed by atoms with E-state index in [4.69, 9.17) is 11.6 Å². The van der Waals surface area contributed by atoms with Gasteiger partial charge in [-0.3, -0.25) is 24.8 Å². The van der Waals surface area contributed by atoms with Crippen molar-refractivity contribution in [3.8, 4) is 0 Å². The van der Waals surface area contributed by atoms with Crippen LogP contribution in [0, 0.1) is 10.1 Å². The van der Waals surface area contributed by atoms with Crippen molar-refractivity contribution in [3.63, 3.8) is 0 Å². The van der Waals surface area contributed by atoms with Crippen molar-refractivity contribution in [2.75, 3.05) is 4.90 Å². The summed E-state index contributed by atoms with van der Waals surface area (Å²) in [5, 5.41) is 11.8. The van der Waals surface area contributed by atoms with Gasteiger partial charge in [0, 0.05) is 12.3 Å². The molecule has 0 unspecified atom stereocenters. The number of pyridine rings is 1. The lowest BCUT2D eigenvalue weighted by Crippen LogP contribution is -2.30. The average molecular weight is 431 g/mol. The predicted molar refractivity (Wildman–Crippen MR) is 110 cm³/mol. The normalized spacial score (nSPS) is 10.9. The summed E-state index contributed by atoms with van der Waals surface area (Å²) in [5.41, 5.74) is 1.28. The third-order valence-corrected chi connectivity index (χ3v) is 6.24. The molecule has 0 N–H and O–H groups in total. The third kappa shape index (κ3) is 3.59. The fraction of sp³-hybridized carbons (Fsp3) is 0.0556. The molecule has 1 amide bonds. The summed E-state index contributed by atoms with van der Waals surface area (Å²) in [7, 11) is 0. The van der Waals surface area contributed by atoms with Crippen LogP contribution in [0.5, 0.6) is 0 Å². The molecule has 0 aliphatic carbocycles. The van der Waals surface area contributed by atoms with E-state index in [0.29, 0.717) is 21.4 Å². The van der Waals surface area contributed by atoms with E-state index in [1.54, 1.807) is 24.4 Å². The number of benzene rings is 1. The Labute approximate surface area is 172 Å². The van der Waals surface area contributed by atoms with Crippen molar-refractivity contribution >= 4 is 60.5 Å². The second-order valence-corrected chi connectivity index (χ2v) is 8.17. The Bertz CT molecular complexity index is 1180. The molecule has 0 fully saturated rings. The van der Waals surface area contributed by atoms with E-state index in [2.05, 4.69) is 9.97 Å². The highest BCUT2D eigenvalue weighted by atomic mass is 35.5. The number of fused-ring (bicyclic) bond motifs is 1. The van der Waals surface area contributed by atoms with Crippen molar-refractivity contribution < 1.29 is 9.72 Å². The molecule has 0 saturated heterocycles. The Morgan fingerprint density at radius 2 is 2.00 bits per heavy atom. The largest absolute Gasteiger partial charge is 0.324 e. The average Bonchev–Trinajstić information content (AvgIpc) is 3.34. The molecule has 0 bridgehead atoms. The van der Waals surface area contributed by atoms with E-state index >= 15 is 0 Å². The van der Waals surface area contributed by atoms with E-state index in [1.165, 1.54) is 28.4 Å². The van der Waals surface area contributed by atoms with Gasteiger partial charge < -0.3 is 0 Å². The highest BCUT2D eigenvalue weighted by Crippen LogP contribution is 2.35. The SMILES string of the molecule is O=C(c1ccc([N+](=O)[O-])s1)N(Cc1ccccn1)c1nc2c(Cl)cccc2s1. The molecule has 0 radical (unpaired) electrons. The molecule has 140 valence electrons. The van der Waals surface area contributed by atoms with Crippen LogP contribution in [0.15, 0.2) is 54.7 Å². The van der Waals surface area contributed by atoms with Crippen molar-refractivity contribution in [2.45, 2.75) is 6.54 Å². The molecule has 4 aromatic rings. The number of carbonyl (C=O) groups is 1. The lowest BCUT2D eigenvalue weighted by Gasteiger charge is -2.18. The number of anilines is 1. The van der Waals surface area contributed by atoms with E-state index in [-0.39, 0.29) is 22.3 Å². The fourth-order valence-corrected chi connectivity index (χ4v) is 4.60. The summed E-state index contributed by atoms with van der Waals surface area (Å²) in [6.45, 7) is 0.183. The number of hydrogen-bond donors (Lipinski definition) is 0. The Hall–Kier alpha value is -2.88. The second kappa shape index (κ2) is 7.63. The van der Waals surface area contributed by atoms with Gasteiger partial charge in [0.25, 0.3) is 5.91 Å². The number of amides is 1. The number of carbonyl (C=O) groups excluding carboxylic acids is 1. The van der Waals surface area contributed by atoms with Crippen LogP contribution >= 0.6 is 34.3 Å². The number of nitrogens with zero attached hydrogens (tertiary/aromatic N) is 4. The Morgan fingerprint density at radius 1 is 1.14 bits per heavy atom. The number of hydrogen-bond acceptors (Lipinski definition) is 7. The predicted octanol–water partition coefficient (Wildman–Crippen LogP) is 5.16. The molecule has 0 atom stereocenters.